The summed E-state index contributed by atoms with van der Waals surface area (Å²) in [6.07, 6.45) is 0. The molecular formula is C10H7FN2O3. The maximum atomic E-state index is 12.6. The standard InChI is InChI=1S/C10H7FN2O3/c11-6-1-3-7(4-2-6)13-9(14)5-8(12-13)10(15)16/h1-5,12H,(H,15,16). The molecule has 0 saturated carbocycles. The van der Waals surface area contributed by atoms with E-state index in [2.05, 4.69) is 5.10 Å². The van der Waals surface area contributed by atoms with Crippen LogP contribution in [0, 0.1) is 5.82 Å². The molecule has 16 heavy (non-hydrogen) atoms. The maximum Gasteiger partial charge on any atom is 0.353 e. The summed E-state index contributed by atoms with van der Waals surface area (Å²) in [7, 11) is 0. The third kappa shape index (κ3) is 1.72. The molecule has 0 aliphatic carbocycles. The van der Waals surface area contributed by atoms with Gasteiger partial charge in [-0.1, -0.05) is 0 Å². The van der Waals surface area contributed by atoms with Gasteiger partial charge in [0.25, 0.3) is 5.56 Å². The van der Waals surface area contributed by atoms with Gasteiger partial charge in [-0.15, -0.1) is 0 Å². The number of carboxylic acid groups (broad SMARTS) is 1. The quantitative estimate of drug-likeness (QED) is 0.796. The van der Waals surface area contributed by atoms with Crippen molar-refractivity contribution in [3.05, 3.63) is 52.2 Å². The summed E-state index contributed by atoms with van der Waals surface area (Å²) in [6.45, 7) is 0. The van der Waals surface area contributed by atoms with E-state index in [0.717, 1.165) is 10.7 Å². The smallest absolute Gasteiger partial charge is 0.353 e. The zero-order valence-electron chi connectivity index (χ0n) is 7.98. The van der Waals surface area contributed by atoms with Crippen molar-refractivity contribution in [2.75, 3.05) is 0 Å². The molecule has 0 atom stereocenters. The number of halogens is 1. The Labute approximate surface area is 88.7 Å². The van der Waals surface area contributed by atoms with E-state index in [1.807, 2.05) is 0 Å². The zero-order valence-corrected chi connectivity index (χ0v) is 7.98. The van der Waals surface area contributed by atoms with E-state index in [0.29, 0.717) is 5.69 Å². The summed E-state index contributed by atoms with van der Waals surface area (Å²) in [6, 6.07) is 6.08. The summed E-state index contributed by atoms with van der Waals surface area (Å²) >= 11 is 0. The van der Waals surface area contributed by atoms with Gasteiger partial charge in [-0.25, -0.2) is 13.9 Å². The fourth-order valence-electron chi connectivity index (χ4n) is 1.29. The lowest BCUT2D eigenvalue weighted by molar-refractivity contribution is 0.0690. The molecule has 0 amide bonds. The fraction of sp³-hybridized carbons (Fsp3) is 0. The molecular weight excluding hydrogens is 215 g/mol. The van der Waals surface area contributed by atoms with Gasteiger partial charge >= 0.3 is 5.97 Å². The highest BCUT2D eigenvalue weighted by atomic mass is 19.1. The Bertz CT molecular complexity index is 583. The molecule has 82 valence electrons. The first kappa shape index (κ1) is 10.2. The minimum Gasteiger partial charge on any atom is -0.477 e. The second-order valence-electron chi connectivity index (χ2n) is 3.13. The Kier molecular flexibility index (Phi) is 2.32. The van der Waals surface area contributed by atoms with Crippen LogP contribution in [0.4, 0.5) is 4.39 Å². The summed E-state index contributed by atoms with van der Waals surface area (Å²) < 4.78 is 13.7. The molecule has 0 bridgehead atoms. The lowest BCUT2D eigenvalue weighted by atomic mass is 10.3. The van der Waals surface area contributed by atoms with Crippen molar-refractivity contribution in [3.63, 3.8) is 0 Å². The number of nitrogens with zero attached hydrogens (tertiary/aromatic N) is 1. The molecule has 0 aliphatic rings. The van der Waals surface area contributed by atoms with E-state index in [-0.39, 0.29) is 5.69 Å². The number of hydrogen-bond donors (Lipinski definition) is 2. The molecule has 2 aromatic rings. The highest BCUT2D eigenvalue weighted by Gasteiger charge is 2.10. The van der Waals surface area contributed by atoms with E-state index in [1.54, 1.807) is 0 Å². The number of nitrogens with one attached hydrogen (secondary N) is 1. The molecule has 0 spiro atoms. The molecule has 0 aliphatic heterocycles. The molecule has 0 unspecified atom stereocenters. The normalized spacial score (nSPS) is 10.3. The Balaban J connectivity index is 2.52. The molecule has 1 aromatic carbocycles. The largest absolute Gasteiger partial charge is 0.477 e. The van der Waals surface area contributed by atoms with Crippen LogP contribution >= 0.6 is 0 Å². The van der Waals surface area contributed by atoms with Crippen LogP contribution in [0.15, 0.2) is 35.1 Å². The average molecular weight is 222 g/mol. The topological polar surface area (TPSA) is 75.1 Å². The van der Waals surface area contributed by atoms with Crippen LogP contribution in [0.25, 0.3) is 5.69 Å². The summed E-state index contributed by atoms with van der Waals surface area (Å²) in [5.74, 6) is -1.65. The number of aromatic nitrogens is 2. The molecule has 1 aromatic heterocycles. The van der Waals surface area contributed by atoms with Crippen molar-refractivity contribution in [1.29, 1.82) is 0 Å². The van der Waals surface area contributed by atoms with E-state index in [1.165, 1.54) is 24.3 Å². The van der Waals surface area contributed by atoms with Gasteiger partial charge < -0.3 is 5.11 Å². The van der Waals surface area contributed by atoms with E-state index < -0.39 is 17.3 Å². The minimum atomic E-state index is -1.22. The number of benzene rings is 1. The van der Waals surface area contributed by atoms with Crippen molar-refractivity contribution < 1.29 is 14.3 Å². The molecule has 5 nitrogen and oxygen atoms in total. The van der Waals surface area contributed by atoms with Gasteiger partial charge in [0.05, 0.1) is 5.69 Å². The van der Waals surface area contributed by atoms with Gasteiger partial charge in [-0.3, -0.25) is 9.89 Å². The summed E-state index contributed by atoms with van der Waals surface area (Å²) in [4.78, 5) is 22.0. The molecule has 1 heterocycles. The Morgan fingerprint density at radius 3 is 2.44 bits per heavy atom. The van der Waals surface area contributed by atoms with Crippen molar-refractivity contribution in [1.82, 2.24) is 9.78 Å². The molecule has 0 saturated heterocycles. The van der Waals surface area contributed by atoms with Crippen LogP contribution in [0.5, 0.6) is 0 Å². The van der Waals surface area contributed by atoms with Crippen molar-refractivity contribution in [2.24, 2.45) is 0 Å². The van der Waals surface area contributed by atoms with E-state index >= 15 is 0 Å². The van der Waals surface area contributed by atoms with Crippen LogP contribution in [0.1, 0.15) is 10.5 Å². The van der Waals surface area contributed by atoms with Gasteiger partial charge in [-0.2, -0.15) is 0 Å². The monoisotopic (exact) mass is 222 g/mol. The highest BCUT2D eigenvalue weighted by Crippen LogP contribution is 2.06. The first-order valence-electron chi connectivity index (χ1n) is 4.39. The van der Waals surface area contributed by atoms with Crippen molar-refractivity contribution >= 4 is 5.97 Å². The van der Waals surface area contributed by atoms with Gasteiger partial charge in [0, 0.05) is 6.07 Å². The van der Waals surface area contributed by atoms with Gasteiger partial charge in [0.15, 0.2) is 0 Å². The number of carbonyl (C=O) groups is 1. The molecule has 2 N–H and O–H groups in total. The predicted molar refractivity (Wildman–Crippen MR) is 53.3 cm³/mol. The van der Waals surface area contributed by atoms with Gasteiger partial charge in [0.2, 0.25) is 0 Å². The molecule has 2 rings (SSSR count). The number of aromatic amines is 1. The molecule has 6 heteroatoms. The lowest BCUT2D eigenvalue weighted by Gasteiger charge is -2.00. The summed E-state index contributed by atoms with van der Waals surface area (Å²) in [5, 5.41) is 11.1. The van der Waals surface area contributed by atoms with Gasteiger partial charge in [0.1, 0.15) is 11.5 Å². The second kappa shape index (κ2) is 3.65. The third-order valence-electron chi connectivity index (χ3n) is 2.04. The van der Waals surface area contributed by atoms with Crippen LogP contribution in [-0.2, 0) is 0 Å². The Morgan fingerprint density at radius 1 is 1.31 bits per heavy atom. The van der Waals surface area contributed by atoms with E-state index in [9.17, 15) is 14.0 Å². The second-order valence-corrected chi connectivity index (χ2v) is 3.13. The molecule has 0 radical (unpaired) electrons. The van der Waals surface area contributed by atoms with Crippen molar-refractivity contribution in [3.8, 4) is 5.69 Å². The first-order chi connectivity index (χ1) is 7.58. The first-order valence-corrected chi connectivity index (χ1v) is 4.39. The SMILES string of the molecule is O=C(O)c1cc(=O)n(-c2ccc(F)cc2)[nH]1. The molecule has 0 fully saturated rings. The van der Waals surface area contributed by atoms with E-state index in [4.69, 9.17) is 5.11 Å². The maximum absolute atomic E-state index is 12.6. The fourth-order valence-corrected chi connectivity index (χ4v) is 1.29. The van der Waals surface area contributed by atoms with Crippen LogP contribution < -0.4 is 5.56 Å². The summed E-state index contributed by atoms with van der Waals surface area (Å²) in [5.41, 5.74) is -0.350. The number of carboxylic acids is 1. The Hall–Kier alpha value is -2.37. The lowest BCUT2D eigenvalue weighted by Crippen LogP contribution is -2.13. The number of aromatic carboxylic acids is 1. The minimum absolute atomic E-state index is 0.214. The van der Waals surface area contributed by atoms with Crippen LogP contribution in [0.3, 0.4) is 0 Å². The number of H-pyrrole nitrogens is 1. The van der Waals surface area contributed by atoms with Gasteiger partial charge in [-0.05, 0) is 24.3 Å². The third-order valence-corrected chi connectivity index (χ3v) is 2.04. The zero-order chi connectivity index (χ0) is 11.7. The van der Waals surface area contributed by atoms with Crippen LogP contribution in [0.2, 0.25) is 0 Å². The highest BCUT2D eigenvalue weighted by molar-refractivity contribution is 5.85. The van der Waals surface area contributed by atoms with Crippen molar-refractivity contribution in [2.45, 2.75) is 0 Å². The Morgan fingerprint density at radius 2 is 1.94 bits per heavy atom. The number of rotatable bonds is 2. The predicted octanol–water partition coefficient (Wildman–Crippen LogP) is 1.00. The number of hydrogen-bond acceptors (Lipinski definition) is 2. The van der Waals surface area contributed by atoms with Crippen LogP contribution in [-0.4, -0.2) is 20.9 Å². The average Bonchev–Trinajstić information content (AvgIpc) is 2.62.